The molecule has 0 radical (unpaired) electrons. The highest BCUT2D eigenvalue weighted by molar-refractivity contribution is 6.04. The highest BCUT2D eigenvalue weighted by Gasteiger charge is 2.13. The number of carbonyl (C=O) groups is 1. The lowest BCUT2D eigenvalue weighted by molar-refractivity contribution is 0.102. The van der Waals surface area contributed by atoms with E-state index in [9.17, 15) is 9.18 Å². The van der Waals surface area contributed by atoms with Gasteiger partial charge in [-0.3, -0.25) is 4.79 Å². The maximum Gasteiger partial charge on any atom is 0.258 e. The summed E-state index contributed by atoms with van der Waals surface area (Å²) >= 11 is 0. The zero-order valence-corrected chi connectivity index (χ0v) is 15.4. The number of imidazole rings is 1. The number of nitrogens with one attached hydrogen (secondary N) is 1. The summed E-state index contributed by atoms with van der Waals surface area (Å²) in [7, 11) is 1.44. The van der Waals surface area contributed by atoms with Crippen molar-refractivity contribution in [3.63, 3.8) is 0 Å². The monoisotopic (exact) mass is 375 g/mol. The molecule has 0 saturated heterocycles. The molecule has 0 unspecified atom stereocenters. The number of hydrogen-bond donors (Lipinski definition) is 1. The number of pyridine rings is 1. The molecule has 0 aliphatic heterocycles. The van der Waals surface area contributed by atoms with E-state index in [1.165, 1.54) is 19.2 Å². The molecule has 2 aromatic carbocycles. The summed E-state index contributed by atoms with van der Waals surface area (Å²) in [6.45, 7) is 2.02. The third-order valence-corrected chi connectivity index (χ3v) is 4.54. The summed E-state index contributed by atoms with van der Waals surface area (Å²) < 4.78 is 21.0. The van der Waals surface area contributed by atoms with E-state index in [0.717, 1.165) is 22.5 Å². The number of halogens is 1. The molecule has 6 heteroatoms. The number of nitrogens with zero attached hydrogens (tertiary/aromatic N) is 2. The normalized spacial score (nSPS) is 10.8. The molecule has 1 amide bonds. The van der Waals surface area contributed by atoms with Gasteiger partial charge in [-0.1, -0.05) is 18.2 Å². The molecule has 140 valence electrons. The van der Waals surface area contributed by atoms with Crippen molar-refractivity contribution in [1.82, 2.24) is 9.38 Å². The number of benzene rings is 2. The van der Waals surface area contributed by atoms with E-state index in [2.05, 4.69) is 10.3 Å². The minimum Gasteiger partial charge on any atom is -0.497 e. The van der Waals surface area contributed by atoms with E-state index in [4.69, 9.17) is 4.74 Å². The quantitative estimate of drug-likeness (QED) is 0.562. The second-order valence-electron chi connectivity index (χ2n) is 6.43. The van der Waals surface area contributed by atoms with Crippen LogP contribution in [0.15, 0.2) is 67.0 Å². The Bertz CT molecular complexity index is 1170. The van der Waals surface area contributed by atoms with E-state index in [1.807, 2.05) is 48.0 Å². The van der Waals surface area contributed by atoms with Crippen molar-refractivity contribution < 1.29 is 13.9 Å². The molecule has 0 saturated carbocycles. The van der Waals surface area contributed by atoms with Crippen LogP contribution in [0.3, 0.4) is 0 Å². The lowest BCUT2D eigenvalue weighted by atomic mass is 10.1. The highest BCUT2D eigenvalue weighted by Crippen LogP contribution is 2.23. The molecule has 2 heterocycles. The fraction of sp³-hybridized carbons (Fsp3) is 0.0909. The number of rotatable bonds is 4. The average molecular weight is 375 g/mol. The van der Waals surface area contributed by atoms with Gasteiger partial charge in [0.05, 0.1) is 18.4 Å². The summed E-state index contributed by atoms with van der Waals surface area (Å²) in [4.78, 5) is 17.0. The SMILES string of the molecule is COc1ccc(C(=O)Nc2ccc(-c3cn4cccc(C)c4n3)cc2)c(F)c1. The van der Waals surface area contributed by atoms with Gasteiger partial charge in [0.25, 0.3) is 5.91 Å². The van der Waals surface area contributed by atoms with Crippen LogP contribution < -0.4 is 10.1 Å². The maximum absolute atomic E-state index is 14.1. The van der Waals surface area contributed by atoms with Crippen LogP contribution in [0.4, 0.5) is 10.1 Å². The lowest BCUT2D eigenvalue weighted by Gasteiger charge is -2.08. The van der Waals surface area contributed by atoms with Gasteiger partial charge in [0.2, 0.25) is 0 Å². The van der Waals surface area contributed by atoms with Gasteiger partial charge in [0.15, 0.2) is 0 Å². The fourth-order valence-corrected chi connectivity index (χ4v) is 3.02. The number of carbonyl (C=O) groups excluding carboxylic acids is 1. The number of aryl methyl sites for hydroxylation is 1. The van der Waals surface area contributed by atoms with Crippen molar-refractivity contribution in [3.05, 3.63) is 83.9 Å². The number of hydrogen-bond acceptors (Lipinski definition) is 3. The Morgan fingerprint density at radius 1 is 1.14 bits per heavy atom. The molecule has 28 heavy (non-hydrogen) atoms. The first-order valence-corrected chi connectivity index (χ1v) is 8.75. The Labute approximate surface area is 161 Å². The van der Waals surface area contributed by atoms with Crippen molar-refractivity contribution in [2.24, 2.45) is 0 Å². The summed E-state index contributed by atoms with van der Waals surface area (Å²) in [5.74, 6) is -0.786. The molecule has 0 aliphatic carbocycles. The summed E-state index contributed by atoms with van der Waals surface area (Å²) in [5, 5.41) is 2.71. The van der Waals surface area contributed by atoms with E-state index in [-0.39, 0.29) is 5.56 Å². The number of amides is 1. The first-order chi connectivity index (χ1) is 13.5. The van der Waals surface area contributed by atoms with Crippen LogP contribution in [0.2, 0.25) is 0 Å². The number of fused-ring (bicyclic) bond motifs is 1. The average Bonchev–Trinajstić information content (AvgIpc) is 3.14. The van der Waals surface area contributed by atoms with Crippen LogP contribution in [-0.2, 0) is 0 Å². The van der Waals surface area contributed by atoms with Gasteiger partial charge in [-0.15, -0.1) is 0 Å². The zero-order valence-electron chi connectivity index (χ0n) is 15.4. The molecule has 0 fully saturated rings. The second kappa shape index (κ2) is 7.15. The third-order valence-electron chi connectivity index (χ3n) is 4.54. The number of methoxy groups -OCH3 is 1. The Kier molecular flexibility index (Phi) is 4.53. The van der Waals surface area contributed by atoms with Crippen molar-refractivity contribution in [2.75, 3.05) is 12.4 Å². The molecular weight excluding hydrogens is 357 g/mol. The highest BCUT2D eigenvalue weighted by atomic mass is 19.1. The Morgan fingerprint density at radius 2 is 1.93 bits per heavy atom. The van der Waals surface area contributed by atoms with E-state index in [1.54, 1.807) is 18.2 Å². The Hall–Kier alpha value is -3.67. The van der Waals surface area contributed by atoms with Crippen LogP contribution in [0.25, 0.3) is 16.9 Å². The van der Waals surface area contributed by atoms with E-state index in [0.29, 0.717) is 11.4 Å². The number of ether oxygens (including phenoxy) is 1. The standard InChI is InChI=1S/C22H18FN3O2/c1-14-4-3-11-26-13-20(25-21(14)26)15-5-7-16(8-6-15)24-22(27)18-10-9-17(28-2)12-19(18)23/h3-13H,1-2H3,(H,24,27). The Morgan fingerprint density at radius 3 is 2.61 bits per heavy atom. The van der Waals surface area contributed by atoms with Gasteiger partial charge in [0, 0.05) is 29.7 Å². The van der Waals surface area contributed by atoms with Crippen LogP contribution in [0.5, 0.6) is 5.75 Å². The lowest BCUT2D eigenvalue weighted by Crippen LogP contribution is -2.13. The van der Waals surface area contributed by atoms with Gasteiger partial charge in [-0.2, -0.15) is 0 Å². The fourth-order valence-electron chi connectivity index (χ4n) is 3.02. The number of aromatic nitrogens is 2. The predicted octanol–water partition coefficient (Wildman–Crippen LogP) is 4.71. The largest absolute Gasteiger partial charge is 0.497 e. The van der Waals surface area contributed by atoms with Crippen molar-refractivity contribution in [1.29, 1.82) is 0 Å². The van der Waals surface area contributed by atoms with Crippen molar-refractivity contribution in [2.45, 2.75) is 6.92 Å². The second-order valence-corrected chi connectivity index (χ2v) is 6.43. The van der Waals surface area contributed by atoms with Crippen molar-refractivity contribution in [3.8, 4) is 17.0 Å². The molecule has 2 aromatic heterocycles. The topological polar surface area (TPSA) is 55.6 Å². The van der Waals surface area contributed by atoms with E-state index >= 15 is 0 Å². The summed E-state index contributed by atoms with van der Waals surface area (Å²) in [6, 6.07) is 15.4. The van der Waals surface area contributed by atoms with E-state index < -0.39 is 11.7 Å². The summed E-state index contributed by atoms with van der Waals surface area (Å²) in [5.41, 5.74) is 4.30. The zero-order chi connectivity index (χ0) is 19.7. The molecule has 4 aromatic rings. The maximum atomic E-state index is 14.1. The Balaban J connectivity index is 1.54. The van der Waals surface area contributed by atoms with Gasteiger partial charge in [-0.05, 0) is 42.8 Å². The van der Waals surface area contributed by atoms with Gasteiger partial charge in [0.1, 0.15) is 17.2 Å². The minimum absolute atomic E-state index is 0.0410. The van der Waals surface area contributed by atoms with Gasteiger partial charge in [-0.25, -0.2) is 9.37 Å². The molecule has 0 spiro atoms. The van der Waals surface area contributed by atoms with Crippen LogP contribution >= 0.6 is 0 Å². The molecule has 0 atom stereocenters. The summed E-state index contributed by atoms with van der Waals surface area (Å²) in [6.07, 6.45) is 3.92. The smallest absolute Gasteiger partial charge is 0.258 e. The molecule has 1 N–H and O–H groups in total. The first-order valence-electron chi connectivity index (χ1n) is 8.75. The van der Waals surface area contributed by atoms with Gasteiger partial charge < -0.3 is 14.5 Å². The molecule has 0 aliphatic rings. The molecule has 4 rings (SSSR count). The molecular formula is C22H18FN3O2. The van der Waals surface area contributed by atoms with Crippen LogP contribution in [-0.4, -0.2) is 22.4 Å². The first kappa shape index (κ1) is 17.7. The van der Waals surface area contributed by atoms with Crippen LogP contribution in [0, 0.1) is 12.7 Å². The molecule has 0 bridgehead atoms. The number of anilines is 1. The van der Waals surface area contributed by atoms with Crippen molar-refractivity contribution >= 4 is 17.2 Å². The van der Waals surface area contributed by atoms with Crippen LogP contribution in [0.1, 0.15) is 15.9 Å². The third kappa shape index (κ3) is 3.32. The predicted molar refractivity (Wildman–Crippen MR) is 106 cm³/mol. The minimum atomic E-state index is -0.631. The molecule has 5 nitrogen and oxygen atoms in total. The van der Waals surface area contributed by atoms with Gasteiger partial charge >= 0.3 is 0 Å².